The molecular formula is C21H27FN3O2+. The van der Waals surface area contributed by atoms with Crippen LogP contribution >= 0.6 is 0 Å². The smallest absolute Gasteiger partial charge is 0.278 e. The number of anilines is 1. The van der Waals surface area contributed by atoms with Crippen molar-refractivity contribution >= 4 is 11.6 Å². The van der Waals surface area contributed by atoms with Gasteiger partial charge in [-0.25, -0.2) is 4.39 Å². The lowest BCUT2D eigenvalue weighted by atomic mass is 10.1. The molecule has 2 aromatic rings. The molecule has 1 aliphatic rings. The highest BCUT2D eigenvalue weighted by atomic mass is 19.1. The normalized spacial score (nSPS) is 16.1. The van der Waals surface area contributed by atoms with E-state index >= 15 is 0 Å². The molecule has 3 N–H and O–H groups in total. The number of piperazine rings is 1. The Hall–Kier alpha value is -2.60. The molecule has 0 saturated carbocycles. The monoisotopic (exact) mass is 372 g/mol. The zero-order valence-electron chi connectivity index (χ0n) is 15.6. The molecule has 1 aliphatic heterocycles. The summed E-state index contributed by atoms with van der Waals surface area (Å²) in [5, 5.41) is 13.0. The fraction of sp³-hybridized carbons (Fsp3) is 0.381. The predicted molar refractivity (Wildman–Crippen MR) is 104 cm³/mol. The number of phenolic OH excluding ortho intramolecular Hbond substituents is 1. The number of para-hydroxylation sites is 2. The number of carbonyl (C=O) groups is 1. The van der Waals surface area contributed by atoms with Gasteiger partial charge in [0.25, 0.3) is 5.91 Å². The third-order valence-electron chi connectivity index (χ3n) is 5.26. The van der Waals surface area contributed by atoms with Crippen LogP contribution in [0.1, 0.15) is 12.5 Å². The van der Waals surface area contributed by atoms with Gasteiger partial charge in [0, 0.05) is 6.54 Å². The van der Waals surface area contributed by atoms with Crippen LogP contribution in [0.2, 0.25) is 0 Å². The molecule has 1 fully saturated rings. The second kappa shape index (κ2) is 8.86. The second-order valence-electron chi connectivity index (χ2n) is 7.02. The molecule has 0 radical (unpaired) electrons. The Balaban J connectivity index is 1.44. The summed E-state index contributed by atoms with van der Waals surface area (Å²) in [4.78, 5) is 15.9. The Morgan fingerprint density at radius 1 is 1.19 bits per heavy atom. The van der Waals surface area contributed by atoms with E-state index in [0.29, 0.717) is 18.7 Å². The number of hydrogen-bond donors (Lipinski definition) is 3. The van der Waals surface area contributed by atoms with Crippen molar-refractivity contribution in [3.63, 3.8) is 0 Å². The van der Waals surface area contributed by atoms with Crippen molar-refractivity contribution in [3.05, 3.63) is 59.9 Å². The van der Waals surface area contributed by atoms with E-state index in [2.05, 4.69) is 10.2 Å². The van der Waals surface area contributed by atoms with Crippen molar-refractivity contribution in [3.8, 4) is 5.75 Å². The van der Waals surface area contributed by atoms with Crippen molar-refractivity contribution in [1.29, 1.82) is 0 Å². The number of amides is 1. The molecular weight excluding hydrogens is 345 g/mol. The Morgan fingerprint density at radius 3 is 2.52 bits per heavy atom. The summed E-state index contributed by atoms with van der Waals surface area (Å²) >= 11 is 0. The summed E-state index contributed by atoms with van der Waals surface area (Å²) in [6, 6.07) is 13.6. The van der Waals surface area contributed by atoms with E-state index in [4.69, 9.17) is 0 Å². The first-order valence-corrected chi connectivity index (χ1v) is 9.44. The predicted octanol–water partition coefficient (Wildman–Crippen LogP) is 0.984. The van der Waals surface area contributed by atoms with Crippen LogP contribution in [-0.2, 0) is 11.2 Å². The molecule has 144 valence electrons. The number of phenols is 1. The first kappa shape index (κ1) is 19.2. The number of rotatable bonds is 6. The van der Waals surface area contributed by atoms with Crippen LogP contribution < -0.4 is 15.1 Å². The van der Waals surface area contributed by atoms with Crippen LogP contribution in [0.3, 0.4) is 0 Å². The number of carbonyl (C=O) groups excluding carboxylic acids is 1. The average Bonchev–Trinajstić information content (AvgIpc) is 2.69. The summed E-state index contributed by atoms with van der Waals surface area (Å²) in [6.07, 6.45) is 0.690. The molecule has 0 unspecified atom stereocenters. The topological polar surface area (TPSA) is 57.0 Å². The highest BCUT2D eigenvalue weighted by molar-refractivity contribution is 5.79. The van der Waals surface area contributed by atoms with Gasteiger partial charge in [-0.3, -0.25) is 4.79 Å². The fourth-order valence-electron chi connectivity index (χ4n) is 3.52. The van der Waals surface area contributed by atoms with Crippen LogP contribution in [-0.4, -0.2) is 49.8 Å². The molecule has 0 aromatic heterocycles. The third kappa shape index (κ3) is 4.98. The van der Waals surface area contributed by atoms with Crippen LogP contribution in [0, 0.1) is 5.82 Å². The average molecular weight is 372 g/mol. The van der Waals surface area contributed by atoms with Gasteiger partial charge in [-0.1, -0.05) is 24.3 Å². The quantitative estimate of drug-likeness (QED) is 0.709. The Morgan fingerprint density at radius 2 is 1.85 bits per heavy atom. The van der Waals surface area contributed by atoms with Gasteiger partial charge in [0.1, 0.15) is 11.6 Å². The number of halogens is 1. The number of hydrogen-bond acceptors (Lipinski definition) is 3. The summed E-state index contributed by atoms with van der Waals surface area (Å²) in [5.74, 6) is 0.0960. The zero-order valence-corrected chi connectivity index (χ0v) is 15.6. The molecule has 3 rings (SSSR count). The minimum Gasteiger partial charge on any atom is -0.506 e. The minimum absolute atomic E-state index is 0.0446. The van der Waals surface area contributed by atoms with Crippen LogP contribution in [0.25, 0.3) is 0 Å². The molecule has 0 spiro atoms. The van der Waals surface area contributed by atoms with Crippen molar-refractivity contribution in [2.75, 3.05) is 37.6 Å². The molecule has 2 aromatic carbocycles. The first-order valence-electron chi connectivity index (χ1n) is 9.44. The van der Waals surface area contributed by atoms with Gasteiger partial charge in [-0.15, -0.1) is 0 Å². The summed E-state index contributed by atoms with van der Waals surface area (Å²) < 4.78 is 12.9. The second-order valence-corrected chi connectivity index (χ2v) is 7.02. The van der Waals surface area contributed by atoms with Gasteiger partial charge >= 0.3 is 0 Å². The van der Waals surface area contributed by atoms with Gasteiger partial charge in [0.15, 0.2) is 6.04 Å². The highest BCUT2D eigenvalue weighted by Gasteiger charge is 2.29. The molecule has 27 heavy (non-hydrogen) atoms. The van der Waals surface area contributed by atoms with E-state index in [0.717, 1.165) is 37.4 Å². The van der Waals surface area contributed by atoms with Crippen molar-refractivity contribution in [2.45, 2.75) is 19.4 Å². The van der Waals surface area contributed by atoms with E-state index in [1.54, 1.807) is 18.2 Å². The lowest BCUT2D eigenvalue weighted by Crippen LogP contribution is -3.19. The summed E-state index contributed by atoms with van der Waals surface area (Å²) in [6.45, 7) is 5.81. The van der Waals surface area contributed by atoms with Gasteiger partial charge < -0.3 is 20.2 Å². The minimum atomic E-state index is -0.247. The molecule has 1 saturated heterocycles. The Labute approximate surface area is 159 Å². The maximum atomic E-state index is 12.9. The molecule has 6 heteroatoms. The maximum absolute atomic E-state index is 12.9. The van der Waals surface area contributed by atoms with E-state index < -0.39 is 0 Å². The van der Waals surface area contributed by atoms with Crippen molar-refractivity contribution in [2.24, 2.45) is 0 Å². The lowest BCUT2D eigenvalue weighted by molar-refractivity contribution is -0.914. The first-order chi connectivity index (χ1) is 13.0. The molecule has 1 heterocycles. The number of quaternary nitrogens is 1. The summed E-state index contributed by atoms with van der Waals surface area (Å²) in [7, 11) is 0. The Bertz CT molecular complexity index is 758. The van der Waals surface area contributed by atoms with E-state index in [9.17, 15) is 14.3 Å². The Kier molecular flexibility index (Phi) is 6.29. The molecule has 0 aliphatic carbocycles. The third-order valence-corrected chi connectivity index (χ3v) is 5.26. The molecule has 5 nitrogen and oxygen atoms in total. The van der Waals surface area contributed by atoms with Gasteiger partial charge in [0.2, 0.25) is 0 Å². The van der Waals surface area contributed by atoms with Crippen LogP contribution in [0.4, 0.5) is 10.1 Å². The summed E-state index contributed by atoms with van der Waals surface area (Å²) in [5.41, 5.74) is 1.86. The molecule has 0 bridgehead atoms. The fourth-order valence-corrected chi connectivity index (χ4v) is 3.52. The number of aromatic hydroxyl groups is 1. The van der Waals surface area contributed by atoms with Crippen molar-refractivity contribution < 1.29 is 19.2 Å². The van der Waals surface area contributed by atoms with Crippen LogP contribution in [0.15, 0.2) is 48.5 Å². The number of benzene rings is 2. The van der Waals surface area contributed by atoms with Gasteiger partial charge in [-0.05, 0) is 43.2 Å². The SMILES string of the molecule is C[C@H](C(=O)NCCc1ccc(F)cc1)[NH+]1CCN(c2ccccc2O)CC1. The lowest BCUT2D eigenvalue weighted by Gasteiger charge is -2.36. The highest BCUT2D eigenvalue weighted by Crippen LogP contribution is 2.25. The van der Waals surface area contributed by atoms with E-state index in [1.165, 1.54) is 17.0 Å². The van der Waals surface area contributed by atoms with Gasteiger partial charge in [0.05, 0.1) is 31.9 Å². The van der Waals surface area contributed by atoms with Crippen LogP contribution in [0.5, 0.6) is 5.75 Å². The standard InChI is InChI=1S/C21H26FN3O2/c1-16(21(27)23-11-10-17-6-8-18(22)9-7-17)24-12-14-25(15-13-24)19-4-2-3-5-20(19)26/h2-9,16,26H,10-15H2,1H3,(H,23,27)/p+1/t16-/m1/s1. The zero-order chi connectivity index (χ0) is 19.2. The van der Waals surface area contributed by atoms with Crippen molar-refractivity contribution in [1.82, 2.24) is 5.32 Å². The van der Waals surface area contributed by atoms with E-state index in [-0.39, 0.29) is 17.8 Å². The number of nitrogens with zero attached hydrogens (tertiary/aromatic N) is 1. The largest absolute Gasteiger partial charge is 0.506 e. The molecule has 1 amide bonds. The van der Waals surface area contributed by atoms with E-state index in [1.807, 2.05) is 25.1 Å². The maximum Gasteiger partial charge on any atom is 0.278 e. The van der Waals surface area contributed by atoms with Gasteiger partial charge in [-0.2, -0.15) is 0 Å². The number of nitrogens with one attached hydrogen (secondary N) is 2. The molecule has 1 atom stereocenters.